The zero-order chi connectivity index (χ0) is 25.7. The minimum atomic E-state index is -1.70. The van der Waals surface area contributed by atoms with E-state index in [-0.39, 0.29) is 11.1 Å². The van der Waals surface area contributed by atoms with Gasteiger partial charge in [0.2, 0.25) is 0 Å². The summed E-state index contributed by atoms with van der Waals surface area (Å²) >= 11 is 1.37. The second kappa shape index (κ2) is 11.2. The van der Waals surface area contributed by atoms with Gasteiger partial charge in [0.15, 0.2) is 6.10 Å². The number of nitrogens with one attached hydrogen (secondary N) is 1. The molecular weight excluding hydrogens is 476 g/mol. The molecule has 0 spiro atoms. The van der Waals surface area contributed by atoms with Crippen LogP contribution in [0.5, 0.6) is 0 Å². The van der Waals surface area contributed by atoms with E-state index in [1.807, 2.05) is 30.7 Å². The number of aromatic nitrogens is 2. The number of hydrogen-bond acceptors (Lipinski definition) is 5. The Morgan fingerprint density at radius 1 is 1.09 bits per heavy atom. The third-order valence-electron chi connectivity index (χ3n) is 5.19. The average Bonchev–Trinajstić information content (AvgIpc) is 3.47. The van der Waals surface area contributed by atoms with Gasteiger partial charge < -0.3 is 20.1 Å². The molecule has 0 fully saturated rings. The number of nitrogens with zero attached hydrogens (tertiary/aromatic N) is 2. The zero-order valence-electron chi connectivity index (χ0n) is 19.4. The molecule has 1 atom stereocenters. The van der Waals surface area contributed by atoms with Crippen LogP contribution in [-0.4, -0.2) is 44.3 Å². The fourth-order valence-corrected chi connectivity index (χ4v) is 4.39. The molecule has 2 aromatic carbocycles. The lowest BCUT2D eigenvalue weighted by molar-refractivity contribution is -0.146. The molecule has 2 heterocycles. The summed E-state index contributed by atoms with van der Waals surface area (Å²) in [6, 6.07) is 8.31. The van der Waals surface area contributed by atoms with Crippen LogP contribution in [0.2, 0.25) is 0 Å². The van der Waals surface area contributed by atoms with Gasteiger partial charge in [0.05, 0.1) is 17.6 Å². The molecule has 0 aliphatic rings. The van der Waals surface area contributed by atoms with E-state index in [2.05, 4.69) is 10.3 Å². The Morgan fingerprint density at radius 2 is 1.80 bits per heavy atom. The maximum Gasteiger partial charge on any atom is 0.334 e. The van der Waals surface area contributed by atoms with Crippen LogP contribution in [0, 0.1) is 11.6 Å². The highest BCUT2D eigenvalue weighted by Crippen LogP contribution is 2.37. The topological polar surface area (TPSA) is 104 Å². The van der Waals surface area contributed by atoms with E-state index >= 15 is 0 Å². The van der Waals surface area contributed by atoms with E-state index in [4.69, 9.17) is 5.11 Å². The van der Waals surface area contributed by atoms with Gasteiger partial charge in [-0.05, 0) is 42.6 Å². The summed E-state index contributed by atoms with van der Waals surface area (Å²) in [5.41, 5.74) is 3.06. The summed E-state index contributed by atoms with van der Waals surface area (Å²) in [7, 11) is 0. The lowest BCUT2D eigenvalue weighted by atomic mass is 10.0. The van der Waals surface area contributed by atoms with Crippen LogP contribution in [0.25, 0.3) is 33.5 Å². The number of halogens is 2. The fraction of sp³-hybridized carbons (Fsp3) is 0.240. The summed E-state index contributed by atoms with van der Waals surface area (Å²) in [5.74, 6) is -2.73. The number of aliphatic hydroxyl groups excluding tert-OH is 1. The molecule has 3 N–H and O–H groups in total. The highest BCUT2D eigenvalue weighted by Gasteiger charge is 2.20. The summed E-state index contributed by atoms with van der Waals surface area (Å²) in [6.07, 6.45) is -1.70. The van der Waals surface area contributed by atoms with E-state index in [0.29, 0.717) is 29.0 Å². The number of benzene rings is 2. The van der Waals surface area contributed by atoms with Crippen molar-refractivity contribution < 1.29 is 28.6 Å². The number of thiophene rings is 1. The largest absolute Gasteiger partial charge is 0.479 e. The highest BCUT2D eigenvalue weighted by atomic mass is 32.1. The molecule has 35 heavy (non-hydrogen) atoms. The van der Waals surface area contributed by atoms with Crippen molar-refractivity contribution in [1.82, 2.24) is 14.9 Å². The number of hydrogen-bond donors (Lipinski definition) is 3. The first-order valence-electron chi connectivity index (χ1n) is 11.0. The van der Waals surface area contributed by atoms with Crippen molar-refractivity contribution in [2.45, 2.75) is 33.4 Å². The molecule has 0 aliphatic carbocycles. The molecule has 0 saturated heterocycles. The third-order valence-corrected chi connectivity index (χ3v) is 5.94. The van der Waals surface area contributed by atoms with Gasteiger partial charge in [0.1, 0.15) is 17.5 Å². The van der Waals surface area contributed by atoms with Gasteiger partial charge in [-0.15, -0.1) is 0 Å². The smallest absolute Gasteiger partial charge is 0.334 e. The minimum Gasteiger partial charge on any atom is -0.479 e. The number of aliphatic carboxylic acids is 1. The highest BCUT2D eigenvalue weighted by molar-refractivity contribution is 7.08. The van der Waals surface area contributed by atoms with E-state index in [9.17, 15) is 23.5 Å². The maximum absolute atomic E-state index is 14.5. The first-order chi connectivity index (χ1) is 16.8. The number of aliphatic hydroxyl groups is 1. The van der Waals surface area contributed by atoms with Crippen LogP contribution in [0.3, 0.4) is 0 Å². The van der Waals surface area contributed by atoms with Gasteiger partial charge in [-0.2, -0.15) is 11.3 Å². The van der Waals surface area contributed by atoms with Gasteiger partial charge in [0.25, 0.3) is 5.91 Å². The Bertz CT molecular complexity index is 1370. The normalized spacial score (nSPS) is 11.6. The second-order valence-corrected chi connectivity index (χ2v) is 8.01. The molecule has 0 saturated carbocycles. The van der Waals surface area contributed by atoms with E-state index in [0.717, 1.165) is 11.6 Å². The quantitative estimate of drug-likeness (QED) is 0.333. The monoisotopic (exact) mass is 501 g/mol. The number of carboxylic acids is 1. The predicted octanol–water partition coefficient (Wildman–Crippen LogP) is 4.93. The second-order valence-electron chi connectivity index (χ2n) is 7.27. The van der Waals surface area contributed by atoms with Crippen LogP contribution in [0.15, 0.2) is 47.2 Å². The number of amides is 1. The van der Waals surface area contributed by atoms with Gasteiger partial charge in [0, 0.05) is 40.2 Å². The molecule has 1 unspecified atom stereocenters. The van der Waals surface area contributed by atoms with Crippen molar-refractivity contribution in [3.63, 3.8) is 0 Å². The van der Waals surface area contributed by atoms with Crippen LogP contribution < -0.4 is 5.32 Å². The van der Waals surface area contributed by atoms with Crippen molar-refractivity contribution >= 4 is 34.2 Å². The van der Waals surface area contributed by atoms with E-state index in [1.165, 1.54) is 23.5 Å². The molecule has 184 valence electrons. The van der Waals surface area contributed by atoms with Gasteiger partial charge in [-0.3, -0.25) is 4.79 Å². The van der Waals surface area contributed by atoms with Crippen molar-refractivity contribution in [3.8, 4) is 22.5 Å². The van der Waals surface area contributed by atoms with E-state index in [1.54, 1.807) is 23.6 Å². The molecule has 7 nitrogen and oxygen atoms in total. The molecule has 0 radical (unpaired) electrons. The van der Waals surface area contributed by atoms with Crippen LogP contribution >= 0.6 is 11.3 Å². The Kier molecular flexibility index (Phi) is 8.31. The number of fused-ring (bicyclic) bond motifs is 1. The first kappa shape index (κ1) is 26.0. The molecule has 0 aliphatic heterocycles. The summed E-state index contributed by atoms with van der Waals surface area (Å²) in [6.45, 7) is 6.06. The number of carboxylic acid groups (broad SMARTS) is 1. The number of imidazole rings is 1. The Morgan fingerprint density at radius 3 is 2.46 bits per heavy atom. The van der Waals surface area contributed by atoms with Gasteiger partial charge in [-0.25, -0.2) is 18.6 Å². The van der Waals surface area contributed by atoms with Gasteiger partial charge in [-0.1, -0.05) is 13.8 Å². The number of rotatable bonds is 7. The average molecular weight is 502 g/mol. The van der Waals surface area contributed by atoms with Crippen LogP contribution in [0.4, 0.5) is 8.78 Å². The first-order valence-corrected chi connectivity index (χ1v) is 12.0. The third kappa shape index (κ3) is 5.39. The zero-order valence-corrected chi connectivity index (χ0v) is 20.2. The van der Waals surface area contributed by atoms with Crippen molar-refractivity contribution in [2.75, 3.05) is 6.54 Å². The SMILES string of the molecule is CC.CCn1c(-c2cscc2-c2ccc(F)cc2F)nc2cc(C(=O)NCC(O)C(=O)O)ccc21. The summed E-state index contributed by atoms with van der Waals surface area (Å²) in [4.78, 5) is 27.8. The van der Waals surface area contributed by atoms with Crippen LogP contribution in [0.1, 0.15) is 31.1 Å². The Hall–Kier alpha value is -3.63. The molecular formula is C25H25F2N3O4S. The van der Waals surface area contributed by atoms with Gasteiger partial charge >= 0.3 is 5.97 Å². The van der Waals surface area contributed by atoms with Crippen molar-refractivity contribution in [3.05, 3.63) is 64.4 Å². The standard InChI is InChI=1S/C23H19F2N3O4S.C2H6/c1-2-28-19-6-3-12(22(30)26-9-20(29)23(31)32)7-18(19)27-21(28)16-11-33-10-15(16)14-5-4-13(24)8-17(14)25;1-2/h3-8,10-11,20,29H,2,9H2,1H3,(H,26,30)(H,31,32);1-2H3. The summed E-state index contributed by atoms with van der Waals surface area (Å²) in [5, 5.41) is 24.1. The number of carbonyl (C=O) groups is 2. The van der Waals surface area contributed by atoms with Crippen molar-refractivity contribution in [2.24, 2.45) is 0 Å². The van der Waals surface area contributed by atoms with Crippen LogP contribution in [-0.2, 0) is 11.3 Å². The minimum absolute atomic E-state index is 0.252. The Balaban J connectivity index is 0.00000167. The number of aryl methyl sites for hydroxylation is 1. The van der Waals surface area contributed by atoms with E-state index < -0.39 is 36.2 Å². The molecule has 10 heteroatoms. The molecule has 4 aromatic rings. The molecule has 2 aromatic heterocycles. The molecule has 1 amide bonds. The fourth-order valence-electron chi connectivity index (χ4n) is 3.56. The molecule has 0 bridgehead atoms. The maximum atomic E-state index is 14.5. The Labute approximate surface area is 204 Å². The lowest BCUT2D eigenvalue weighted by Gasteiger charge is -2.09. The summed E-state index contributed by atoms with van der Waals surface area (Å²) < 4.78 is 29.8. The predicted molar refractivity (Wildman–Crippen MR) is 131 cm³/mol. The lowest BCUT2D eigenvalue weighted by Crippen LogP contribution is -2.36. The number of carbonyl (C=O) groups excluding carboxylic acids is 1. The van der Waals surface area contributed by atoms with Crippen molar-refractivity contribution in [1.29, 1.82) is 0 Å². The molecule has 4 rings (SSSR count).